The molecule has 8 aromatic rings. The molecule has 3 aliphatic carbocycles. The lowest BCUT2D eigenvalue weighted by atomic mass is 9.85. The Labute approximate surface area is 711 Å². The molecular weight excluding hydrogens is 1560 g/mol. The maximum absolute atomic E-state index is 13.8. The molecule has 28 nitrogen and oxygen atoms in total. The highest BCUT2D eigenvalue weighted by molar-refractivity contribution is 6.10. The molecule has 122 heavy (non-hydrogen) atoms. The monoisotopic (exact) mass is 1670 g/mol. The van der Waals surface area contributed by atoms with E-state index >= 15 is 0 Å². The van der Waals surface area contributed by atoms with E-state index < -0.39 is 40.5 Å². The van der Waals surface area contributed by atoms with Crippen LogP contribution in [0.4, 0.5) is 39.8 Å². The van der Waals surface area contributed by atoms with Crippen LogP contribution in [0, 0.1) is 45.6 Å². The number of hydrogen-bond acceptors (Lipinski definition) is 19. The third kappa shape index (κ3) is 26.7. The Balaban J connectivity index is 0.000000256. The van der Waals surface area contributed by atoms with Crippen LogP contribution in [0.25, 0.3) is 6.08 Å². The molecule has 646 valence electrons. The van der Waals surface area contributed by atoms with Crippen molar-refractivity contribution < 1.29 is 81.9 Å². The van der Waals surface area contributed by atoms with Crippen LogP contribution in [0.5, 0.6) is 34.5 Å². The van der Waals surface area contributed by atoms with Gasteiger partial charge in [-0.25, -0.2) is 0 Å². The second-order valence-corrected chi connectivity index (χ2v) is 32.5. The number of nitrogens with zero attached hydrogens (tertiary/aromatic N) is 1. The Morgan fingerprint density at radius 3 is 1.20 bits per heavy atom. The average molecular weight is 1670 g/mol. The summed E-state index contributed by atoms with van der Waals surface area (Å²) < 4.78 is 35.3. The molecule has 0 saturated heterocycles. The van der Waals surface area contributed by atoms with Crippen LogP contribution in [-0.4, -0.2) is 133 Å². The van der Waals surface area contributed by atoms with Gasteiger partial charge in [-0.2, -0.15) is 0 Å². The molecule has 0 aliphatic heterocycles. The molecule has 0 unspecified atom stereocenters. The molecule has 0 radical (unpaired) electrons. The van der Waals surface area contributed by atoms with Crippen LogP contribution in [0.15, 0.2) is 164 Å². The summed E-state index contributed by atoms with van der Waals surface area (Å²) in [6, 6.07) is 41.8. The number of aliphatic hydroxyl groups is 2. The maximum Gasteiger partial charge on any atom is 0.310 e. The Hall–Kier alpha value is -12.7. The minimum atomic E-state index is -0.843. The van der Waals surface area contributed by atoms with E-state index in [1.807, 2.05) is 104 Å². The summed E-state index contributed by atoms with van der Waals surface area (Å²) in [5, 5.41) is 53.7. The molecule has 3 aliphatic rings. The number of nitro benzene ring substituents is 1. The number of fused-ring (bicyclic) bond motifs is 1. The van der Waals surface area contributed by atoms with E-state index in [1.165, 1.54) is 48.5 Å². The molecular formula is C94H112N10O18. The predicted octanol–water partition coefficient (Wildman–Crippen LogP) is 15.5. The number of aliphatic hydroxyl groups excluding tert-OH is 2. The summed E-state index contributed by atoms with van der Waals surface area (Å²) in [5.74, 6) is -0.678. The second kappa shape index (κ2) is 44.6. The fourth-order valence-electron chi connectivity index (χ4n) is 13.7. The van der Waals surface area contributed by atoms with Gasteiger partial charge in [-0.05, 0) is 214 Å². The lowest BCUT2D eigenvalue weighted by molar-refractivity contribution is -0.385. The fraction of sp³-hybridized carbons (Fsp3) is 0.383. The highest BCUT2D eigenvalue weighted by Gasteiger charge is 2.31. The van der Waals surface area contributed by atoms with Crippen LogP contribution in [0.2, 0.25) is 0 Å². The van der Waals surface area contributed by atoms with E-state index in [0.717, 1.165) is 60.5 Å². The number of allylic oxidation sites excluding steroid dienone is 1. The summed E-state index contributed by atoms with van der Waals surface area (Å²) in [5.41, 5.74) is 13.0. The zero-order valence-electron chi connectivity index (χ0n) is 70.5. The molecule has 0 bridgehead atoms. The summed E-state index contributed by atoms with van der Waals surface area (Å²) in [6.07, 6.45) is 12.0. The van der Waals surface area contributed by atoms with Gasteiger partial charge in [0.25, 0.3) is 35.4 Å². The van der Waals surface area contributed by atoms with Gasteiger partial charge in [0.1, 0.15) is 42.0 Å². The first-order chi connectivity index (χ1) is 58.6. The number of anilines is 6. The van der Waals surface area contributed by atoms with Crippen LogP contribution in [0.1, 0.15) is 193 Å². The van der Waals surface area contributed by atoms with E-state index in [2.05, 4.69) is 61.6 Å². The highest BCUT2D eigenvalue weighted by atomic mass is 16.6. The first-order valence-electron chi connectivity index (χ1n) is 41.6. The molecule has 0 heterocycles. The third-order valence-electron chi connectivity index (χ3n) is 20.4. The van der Waals surface area contributed by atoms with Gasteiger partial charge >= 0.3 is 5.69 Å². The standard InChI is InChI=1S/C47H53N5O10.C47H59N5O8/c1-28(2)26-61-41-23-32(45(55)48-35-16-11-31(12-17-35)44(54)49-37-10-6-8-30-7-5-9-36(30)37)13-18-38(41)50-46(56)33-14-19-39(42(24-33)62-27-29(3)4)51-47(57)34-15-20-40(52(58)59)43(25-34)60-22-21-53;1-29(2)27-59-42-25-33(44(54)49-36-16-11-31(5)12-17-36)13-19-39(42)51-46(56)35-15-20-40(43(26-35)60-28-30(3)4)50-45(55)34-14-18-38(41(24-34)58-22-21-53)52-47(57)37(48)23-32-9-7-6-8-10-32/h5-8,10,13-15,18-20,23-25,28-29,31,35,53H,9,11-12,16-17,21-22,26-27H2,1-4H3,(H,48,55)(H,49,54)(H,50,56)(H,51,57);6-10,13-15,18-20,24-26,29-31,36-37,53H,11-12,16-17,21-23,27-28,48H2,1-5H3,(H,49,54)(H,50,55)(H,51,56)(H,52,57)/t;31?,36?,37-/m.0/s1. The summed E-state index contributed by atoms with van der Waals surface area (Å²) in [4.78, 5) is 118. The van der Waals surface area contributed by atoms with Gasteiger partial charge in [0.05, 0.1) is 79.0 Å². The topological polar surface area (TPSA) is 398 Å². The fourth-order valence-corrected chi connectivity index (χ4v) is 13.7. The van der Waals surface area contributed by atoms with Gasteiger partial charge in [-0.15, -0.1) is 0 Å². The number of hydrogen-bond donors (Lipinski definition) is 11. The molecule has 28 heteroatoms. The number of nitro groups is 1. The quantitative estimate of drug-likeness (QED) is 0.0127. The van der Waals surface area contributed by atoms with E-state index in [-0.39, 0.29) is 155 Å². The normalized spacial score (nSPS) is 15.4. The number of nitrogens with two attached hydrogens (primary N) is 1. The maximum atomic E-state index is 13.8. The van der Waals surface area contributed by atoms with Crippen molar-refractivity contribution in [3.05, 3.63) is 224 Å². The number of carbonyl (C=O) groups is 8. The molecule has 11 rings (SSSR count). The molecule has 2 fully saturated rings. The number of benzene rings is 8. The Morgan fingerprint density at radius 1 is 0.426 bits per heavy atom. The molecule has 2 saturated carbocycles. The van der Waals surface area contributed by atoms with E-state index in [0.29, 0.717) is 97.5 Å². The molecule has 0 spiro atoms. The first-order valence-corrected chi connectivity index (χ1v) is 41.6. The number of amides is 8. The Morgan fingerprint density at radius 2 is 0.795 bits per heavy atom. The lowest BCUT2D eigenvalue weighted by Gasteiger charge is -2.28. The van der Waals surface area contributed by atoms with E-state index in [9.17, 15) is 53.6 Å². The van der Waals surface area contributed by atoms with Crippen molar-refractivity contribution in [3.8, 4) is 34.5 Å². The number of ether oxygens (including phenoxy) is 6. The number of rotatable bonds is 37. The predicted molar refractivity (Wildman–Crippen MR) is 470 cm³/mol. The summed E-state index contributed by atoms with van der Waals surface area (Å²) in [6.45, 7) is 18.4. The van der Waals surface area contributed by atoms with Crippen LogP contribution in [-0.2, 0) is 22.4 Å². The smallest absolute Gasteiger partial charge is 0.310 e. The zero-order chi connectivity index (χ0) is 87.5. The second-order valence-electron chi connectivity index (χ2n) is 32.5. The van der Waals surface area contributed by atoms with E-state index in [4.69, 9.17) is 39.3 Å². The number of carbonyl (C=O) groups excluding carboxylic acids is 8. The van der Waals surface area contributed by atoms with Crippen molar-refractivity contribution in [1.82, 2.24) is 10.6 Å². The van der Waals surface area contributed by atoms with Crippen molar-refractivity contribution in [1.29, 1.82) is 0 Å². The van der Waals surface area contributed by atoms with Crippen LogP contribution >= 0.6 is 0 Å². The molecule has 12 N–H and O–H groups in total. The molecule has 1 atom stereocenters. The van der Waals surface area contributed by atoms with Crippen molar-refractivity contribution in [2.45, 2.75) is 145 Å². The summed E-state index contributed by atoms with van der Waals surface area (Å²) >= 11 is 0. The summed E-state index contributed by atoms with van der Waals surface area (Å²) in [7, 11) is 0. The SMILES string of the molecule is CC(C)COc1cc(C(=O)Nc2ccc(C(=O)NC3CCC(C(=O)Nc4cccc5c4CC=C5)CC3)cc2OCC(C)C)ccc1NC(=O)c1ccc([N+](=O)[O-])c(OCCO)c1.CC(C)COc1cc(C(=O)Nc2ccc(C(=O)NC3CCC(C)CC3)cc2OCC(C)C)ccc1NC(=O)c1ccc(NC(=O)[C@@H](N)Cc2ccccc2)c(OCCO)c1. The minimum absolute atomic E-state index is 0.00188. The Kier molecular flexibility index (Phi) is 33.5. The minimum Gasteiger partial charge on any atom is -0.491 e. The molecule has 8 aromatic carbocycles. The van der Waals surface area contributed by atoms with Crippen molar-refractivity contribution in [2.24, 2.45) is 41.2 Å². The van der Waals surface area contributed by atoms with Crippen LogP contribution in [0.3, 0.4) is 0 Å². The third-order valence-corrected chi connectivity index (χ3v) is 20.4. The Bertz CT molecular complexity index is 5030. The van der Waals surface area contributed by atoms with Crippen molar-refractivity contribution in [2.75, 3.05) is 84.8 Å². The zero-order valence-corrected chi connectivity index (χ0v) is 70.5. The van der Waals surface area contributed by atoms with Gasteiger partial charge in [0, 0.05) is 69.2 Å². The van der Waals surface area contributed by atoms with Gasteiger partial charge < -0.3 is 86.9 Å². The molecule has 0 aromatic heterocycles. The van der Waals surface area contributed by atoms with Gasteiger partial charge in [-0.3, -0.25) is 48.5 Å². The van der Waals surface area contributed by atoms with Crippen molar-refractivity contribution in [3.63, 3.8) is 0 Å². The van der Waals surface area contributed by atoms with Gasteiger partial charge in [0.2, 0.25) is 11.8 Å². The largest absolute Gasteiger partial charge is 0.491 e. The number of nitrogens with one attached hydrogen (secondary N) is 8. The van der Waals surface area contributed by atoms with Crippen molar-refractivity contribution >= 4 is 93.1 Å². The highest BCUT2D eigenvalue weighted by Crippen LogP contribution is 2.38. The lowest BCUT2D eigenvalue weighted by Crippen LogP contribution is -2.39. The molecule has 8 amide bonds. The van der Waals surface area contributed by atoms with Crippen LogP contribution < -0.4 is 76.7 Å². The first kappa shape index (κ1) is 91.6. The average Bonchev–Trinajstić information content (AvgIpc) is 1.01. The van der Waals surface area contributed by atoms with Gasteiger partial charge in [0.15, 0.2) is 5.75 Å². The van der Waals surface area contributed by atoms with Gasteiger partial charge in [-0.1, -0.05) is 117 Å². The van der Waals surface area contributed by atoms with E-state index in [1.54, 1.807) is 54.6 Å².